The van der Waals surface area contributed by atoms with Crippen LogP contribution in [0.2, 0.25) is 0 Å². The van der Waals surface area contributed by atoms with Gasteiger partial charge in [-0.05, 0) is 0 Å². The summed E-state index contributed by atoms with van der Waals surface area (Å²) in [6, 6.07) is 0. The van der Waals surface area contributed by atoms with Crippen molar-refractivity contribution in [3.8, 4) is 0 Å². The van der Waals surface area contributed by atoms with Crippen molar-refractivity contribution in [2.45, 2.75) is 0 Å². The quantitative estimate of drug-likeness (QED) is 0.422. The Bertz CT molecular complexity index is 24.5. The number of nitrogens with two attached hydrogens (primary N) is 2. The first kappa shape index (κ1) is 16.4. The Balaban J connectivity index is -0.0000000720. The van der Waals surface area contributed by atoms with E-state index in [2.05, 4.69) is 0 Å². The SMILES string of the molecule is NCCO.NCCO.[Zr]. The van der Waals surface area contributed by atoms with Crippen molar-refractivity contribution in [2.75, 3.05) is 26.3 Å². The van der Waals surface area contributed by atoms with Gasteiger partial charge in [0.05, 0.1) is 13.2 Å². The van der Waals surface area contributed by atoms with Gasteiger partial charge in [0.15, 0.2) is 0 Å². The van der Waals surface area contributed by atoms with Crippen molar-refractivity contribution in [2.24, 2.45) is 11.5 Å². The summed E-state index contributed by atoms with van der Waals surface area (Å²) < 4.78 is 0. The summed E-state index contributed by atoms with van der Waals surface area (Å²) in [5.41, 5.74) is 9.56. The van der Waals surface area contributed by atoms with Crippen LogP contribution >= 0.6 is 0 Å². The van der Waals surface area contributed by atoms with Crippen LogP contribution in [0.3, 0.4) is 0 Å². The number of hydrogen-bond donors (Lipinski definition) is 4. The van der Waals surface area contributed by atoms with Crippen LogP contribution in [0, 0.1) is 0 Å². The molecule has 0 saturated carbocycles. The van der Waals surface area contributed by atoms with E-state index in [0.717, 1.165) is 0 Å². The number of aliphatic hydroxyl groups is 2. The van der Waals surface area contributed by atoms with Gasteiger partial charge in [0.25, 0.3) is 0 Å². The van der Waals surface area contributed by atoms with Gasteiger partial charge in [-0.3, -0.25) is 0 Å². The van der Waals surface area contributed by atoms with Crippen LogP contribution in [0.15, 0.2) is 0 Å². The molecule has 0 aromatic carbocycles. The second-order valence-corrected chi connectivity index (χ2v) is 1.02. The van der Waals surface area contributed by atoms with E-state index >= 15 is 0 Å². The predicted molar refractivity (Wildman–Crippen MR) is 32.3 cm³/mol. The molecule has 5 heteroatoms. The van der Waals surface area contributed by atoms with E-state index in [1.54, 1.807) is 0 Å². The minimum atomic E-state index is 0. The number of aliphatic hydroxyl groups excluding tert-OH is 2. The fraction of sp³-hybridized carbons (Fsp3) is 1.00. The van der Waals surface area contributed by atoms with Crippen LogP contribution in [0.1, 0.15) is 0 Å². The Hall–Kier alpha value is 0.723. The zero-order chi connectivity index (χ0) is 6.83. The van der Waals surface area contributed by atoms with Crippen LogP contribution in [0.5, 0.6) is 0 Å². The van der Waals surface area contributed by atoms with Gasteiger partial charge in [-0.2, -0.15) is 0 Å². The molecular weight excluding hydrogens is 199 g/mol. The number of rotatable bonds is 2. The largest absolute Gasteiger partial charge is 0.395 e. The van der Waals surface area contributed by atoms with Gasteiger partial charge in [0.1, 0.15) is 0 Å². The first-order chi connectivity index (χ1) is 3.83. The summed E-state index contributed by atoms with van der Waals surface area (Å²) in [6.45, 7) is 0.944. The molecule has 0 saturated heterocycles. The second kappa shape index (κ2) is 23.3. The van der Waals surface area contributed by atoms with E-state index in [9.17, 15) is 0 Å². The van der Waals surface area contributed by atoms with Crippen molar-refractivity contribution in [1.82, 2.24) is 0 Å². The Kier molecular flexibility index (Phi) is 42.4. The average Bonchev–Trinajstić information content (AvgIpc) is 1.88. The van der Waals surface area contributed by atoms with Gasteiger partial charge in [-0.15, -0.1) is 0 Å². The molecule has 4 nitrogen and oxygen atoms in total. The molecule has 0 radical (unpaired) electrons. The summed E-state index contributed by atoms with van der Waals surface area (Å²) in [5, 5.41) is 15.5. The summed E-state index contributed by atoms with van der Waals surface area (Å²) in [4.78, 5) is 0. The van der Waals surface area contributed by atoms with Crippen LogP contribution in [-0.4, -0.2) is 36.5 Å². The zero-order valence-corrected chi connectivity index (χ0v) is 7.84. The van der Waals surface area contributed by atoms with Crippen molar-refractivity contribution in [3.05, 3.63) is 0 Å². The molecule has 0 aromatic heterocycles. The maximum atomic E-state index is 7.75. The molecule has 0 amide bonds. The van der Waals surface area contributed by atoms with Gasteiger partial charge in [-0.25, -0.2) is 0 Å². The Morgan fingerprint density at radius 3 is 1.00 bits per heavy atom. The van der Waals surface area contributed by atoms with Crippen LogP contribution in [-0.2, 0) is 26.2 Å². The predicted octanol–water partition coefficient (Wildman–Crippen LogP) is -2.13. The van der Waals surface area contributed by atoms with Crippen LogP contribution in [0.4, 0.5) is 0 Å². The normalized spacial score (nSPS) is 6.67. The molecule has 0 aromatic rings. The average molecular weight is 213 g/mol. The molecule has 6 N–H and O–H groups in total. The van der Waals surface area contributed by atoms with E-state index in [-0.39, 0.29) is 39.4 Å². The molecule has 0 rings (SSSR count). The molecule has 0 heterocycles. The molecule has 0 aliphatic carbocycles. The summed E-state index contributed by atoms with van der Waals surface area (Å²) in [6.07, 6.45) is 0. The summed E-state index contributed by atoms with van der Waals surface area (Å²) >= 11 is 0. The van der Waals surface area contributed by atoms with Crippen molar-refractivity contribution in [1.29, 1.82) is 0 Å². The topological polar surface area (TPSA) is 92.5 Å². The second-order valence-electron chi connectivity index (χ2n) is 1.02. The van der Waals surface area contributed by atoms with E-state index in [0.29, 0.717) is 13.1 Å². The van der Waals surface area contributed by atoms with E-state index in [1.165, 1.54) is 0 Å². The molecule has 56 valence electrons. The van der Waals surface area contributed by atoms with Crippen LogP contribution in [0.25, 0.3) is 0 Å². The van der Waals surface area contributed by atoms with Gasteiger partial charge in [0.2, 0.25) is 0 Å². The molecule has 0 fully saturated rings. The van der Waals surface area contributed by atoms with Crippen molar-refractivity contribution >= 4 is 0 Å². The first-order valence-electron chi connectivity index (χ1n) is 2.45. The monoisotopic (exact) mass is 212 g/mol. The van der Waals surface area contributed by atoms with E-state index < -0.39 is 0 Å². The van der Waals surface area contributed by atoms with Crippen molar-refractivity contribution < 1.29 is 36.4 Å². The third kappa shape index (κ3) is 53.2. The van der Waals surface area contributed by atoms with Gasteiger partial charge < -0.3 is 21.7 Å². The Morgan fingerprint density at radius 1 is 0.889 bits per heavy atom. The smallest absolute Gasteiger partial charge is 0.0553 e. The minimum Gasteiger partial charge on any atom is -0.395 e. The number of hydrogen-bond acceptors (Lipinski definition) is 4. The molecule has 0 spiro atoms. The third-order valence-electron chi connectivity index (χ3n) is 0.258. The van der Waals surface area contributed by atoms with Crippen molar-refractivity contribution in [3.63, 3.8) is 0 Å². The van der Waals surface area contributed by atoms with Gasteiger partial charge in [-0.1, -0.05) is 0 Å². The molecule has 0 unspecified atom stereocenters. The Morgan fingerprint density at radius 2 is 1.00 bits per heavy atom. The molecule has 0 aliphatic heterocycles. The molecule has 0 bridgehead atoms. The third-order valence-corrected chi connectivity index (χ3v) is 0.258. The molecule has 9 heavy (non-hydrogen) atoms. The van der Waals surface area contributed by atoms with E-state index in [4.69, 9.17) is 21.7 Å². The maximum absolute atomic E-state index is 7.75. The Labute approximate surface area is 74.4 Å². The zero-order valence-electron chi connectivity index (χ0n) is 5.38. The van der Waals surface area contributed by atoms with Gasteiger partial charge >= 0.3 is 0 Å². The first-order valence-corrected chi connectivity index (χ1v) is 2.45. The molecule has 0 atom stereocenters. The maximum Gasteiger partial charge on any atom is 0.0553 e. The van der Waals surface area contributed by atoms with E-state index in [1.807, 2.05) is 0 Å². The molecule has 0 aliphatic rings. The van der Waals surface area contributed by atoms with Crippen LogP contribution < -0.4 is 11.5 Å². The standard InChI is InChI=1S/2C2H7NO.Zr/c2*3-1-2-4;/h2*4H,1-3H2;. The molecular formula is C4H14N2O2Zr. The fourth-order valence-corrected chi connectivity index (χ4v) is 0. The summed E-state index contributed by atoms with van der Waals surface area (Å²) in [7, 11) is 0. The van der Waals surface area contributed by atoms with Gasteiger partial charge in [0, 0.05) is 39.3 Å². The minimum absolute atomic E-state index is 0. The fourth-order valence-electron chi connectivity index (χ4n) is 0. The summed E-state index contributed by atoms with van der Waals surface area (Å²) in [5.74, 6) is 0.